The quantitative estimate of drug-likeness (QED) is 0.685. The van der Waals surface area contributed by atoms with E-state index in [1.165, 1.54) is 10.5 Å². The summed E-state index contributed by atoms with van der Waals surface area (Å²) in [6.07, 6.45) is 10.3. The van der Waals surface area contributed by atoms with Gasteiger partial charge in [0.15, 0.2) is 0 Å². The lowest BCUT2D eigenvalue weighted by Gasteiger charge is -2.27. The fourth-order valence-electron chi connectivity index (χ4n) is 1.92. The number of hydrogen-bond acceptors (Lipinski definition) is 3. The molecule has 0 radical (unpaired) electrons. The third-order valence-electron chi connectivity index (χ3n) is 2.78. The van der Waals surface area contributed by atoms with E-state index in [0.29, 0.717) is 0 Å². The van der Waals surface area contributed by atoms with Crippen LogP contribution in [0.2, 0.25) is 0 Å². The van der Waals surface area contributed by atoms with Crippen LogP contribution in [0.4, 0.5) is 5.69 Å². The minimum absolute atomic E-state index is 0.920. The molecule has 3 rings (SSSR count). The average molecular weight is 228 g/mol. The first-order valence-corrected chi connectivity index (χ1v) is 6.46. The second kappa shape index (κ2) is 3.83. The van der Waals surface area contributed by atoms with E-state index in [1.807, 2.05) is 12.2 Å². The van der Waals surface area contributed by atoms with E-state index in [0.717, 1.165) is 18.1 Å². The van der Waals surface area contributed by atoms with Gasteiger partial charge >= 0.3 is 0 Å². The number of rotatable bonds is 1. The van der Waals surface area contributed by atoms with Crippen molar-refractivity contribution in [1.82, 2.24) is 4.90 Å². The Morgan fingerprint density at radius 2 is 2.25 bits per heavy atom. The number of benzene rings is 1. The molecule has 16 heavy (non-hydrogen) atoms. The first-order chi connectivity index (χ1) is 7.86. The molecule has 2 aliphatic heterocycles. The number of amidine groups is 1. The predicted molar refractivity (Wildman–Crippen MR) is 69.1 cm³/mol. The van der Waals surface area contributed by atoms with Gasteiger partial charge in [0.05, 0.1) is 12.2 Å². The van der Waals surface area contributed by atoms with Crippen molar-refractivity contribution in [3.63, 3.8) is 0 Å². The minimum atomic E-state index is 0.920. The van der Waals surface area contributed by atoms with E-state index in [4.69, 9.17) is 0 Å². The molecule has 1 aromatic rings. The highest BCUT2D eigenvalue weighted by atomic mass is 32.2. The highest BCUT2D eigenvalue weighted by Crippen LogP contribution is 2.31. The van der Waals surface area contributed by atoms with E-state index in [9.17, 15) is 0 Å². The van der Waals surface area contributed by atoms with Crippen LogP contribution in [-0.2, 0) is 6.54 Å². The zero-order valence-corrected chi connectivity index (χ0v) is 9.87. The third-order valence-corrected chi connectivity index (χ3v) is 3.51. The van der Waals surface area contributed by atoms with Gasteiger partial charge in [0.1, 0.15) is 5.84 Å². The molecular formula is C13H12N2S. The standard InChI is InChI=1S/C13H12N2S/c1-16-11-6-5-10-9-15-7-3-2-4-13(15)14-12(10)8-11/h2-8H,9H2,1H3. The number of nitrogens with zero attached hydrogens (tertiary/aromatic N) is 2. The van der Waals surface area contributed by atoms with Crippen molar-refractivity contribution in [3.05, 3.63) is 48.2 Å². The highest BCUT2D eigenvalue weighted by Gasteiger charge is 2.17. The number of allylic oxidation sites excluding steroid dienone is 2. The summed E-state index contributed by atoms with van der Waals surface area (Å²) < 4.78 is 0. The normalized spacial score (nSPS) is 16.8. The lowest BCUT2D eigenvalue weighted by molar-refractivity contribution is 0.544. The van der Waals surface area contributed by atoms with Crippen LogP contribution in [0.1, 0.15) is 5.56 Å². The van der Waals surface area contributed by atoms with Crippen LogP contribution in [0.3, 0.4) is 0 Å². The Morgan fingerprint density at radius 3 is 3.12 bits per heavy atom. The molecule has 2 heterocycles. The van der Waals surface area contributed by atoms with Crippen LogP contribution in [-0.4, -0.2) is 17.0 Å². The van der Waals surface area contributed by atoms with Crippen molar-refractivity contribution in [2.75, 3.05) is 6.26 Å². The van der Waals surface area contributed by atoms with Gasteiger partial charge in [0, 0.05) is 11.1 Å². The maximum absolute atomic E-state index is 4.67. The summed E-state index contributed by atoms with van der Waals surface area (Å²) in [5, 5.41) is 0. The molecule has 0 aromatic heterocycles. The van der Waals surface area contributed by atoms with Crippen molar-refractivity contribution in [2.24, 2.45) is 4.99 Å². The summed E-state index contributed by atoms with van der Waals surface area (Å²) in [4.78, 5) is 8.11. The highest BCUT2D eigenvalue weighted by molar-refractivity contribution is 7.98. The second-order valence-electron chi connectivity index (χ2n) is 3.79. The fourth-order valence-corrected chi connectivity index (χ4v) is 2.35. The Balaban J connectivity index is 2.07. The molecule has 0 bridgehead atoms. The van der Waals surface area contributed by atoms with Gasteiger partial charge in [-0.2, -0.15) is 0 Å². The van der Waals surface area contributed by atoms with E-state index >= 15 is 0 Å². The first-order valence-electron chi connectivity index (χ1n) is 5.24. The smallest absolute Gasteiger partial charge is 0.133 e. The summed E-state index contributed by atoms with van der Waals surface area (Å²) in [6.45, 7) is 0.920. The van der Waals surface area contributed by atoms with Crippen molar-refractivity contribution in [1.29, 1.82) is 0 Å². The third kappa shape index (κ3) is 1.57. The summed E-state index contributed by atoms with van der Waals surface area (Å²) in [5.41, 5.74) is 2.40. The largest absolute Gasteiger partial charge is 0.329 e. The molecule has 0 unspecified atom stereocenters. The van der Waals surface area contributed by atoms with Crippen molar-refractivity contribution < 1.29 is 0 Å². The molecule has 2 aliphatic rings. The van der Waals surface area contributed by atoms with Crippen molar-refractivity contribution >= 4 is 23.3 Å². The van der Waals surface area contributed by atoms with Gasteiger partial charge in [-0.25, -0.2) is 4.99 Å². The van der Waals surface area contributed by atoms with E-state index in [1.54, 1.807) is 11.8 Å². The van der Waals surface area contributed by atoms with Crippen molar-refractivity contribution in [2.45, 2.75) is 11.4 Å². The van der Waals surface area contributed by atoms with Gasteiger partial charge in [-0.05, 0) is 36.1 Å². The average Bonchev–Trinajstić information content (AvgIpc) is 2.35. The second-order valence-corrected chi connectivity index (χ2v) is 4.67. The monoisotopic (exact) mass is 228 g/mol. The Labute approximate surface area is 99.4 Å². The maximum Gasteiger partial charge on any atom is 0.133 e. The molecular weight excluding hydrogens is 216 g/mol. The summed E-state index contributed by atoms with van der Waals surface area (Å²) in [6, 6.07) is 6.50. The van der Waals surface area contributed by atoms with Crippen LogP contribution in [0.25, 0.3) is 0 Å². The topological polar surface area (TPSA) is 15.6 Å². The summed E-state index contributed by atoms with van der Waals surface area (Å²) >= 11 is 1.76. The van der Waals surface area contributed by atoms with Crippen molar-refractivity contribution in [3.8, 4) is 0 Å². The Kier molecular flexibility index (Phi) is 2.33. The maximum atomic E-state index is 4.67. The van der Waals surface area contributed by atoms with Gasteiger partial charge < -0.3 is 4.90 Å². The fraction of sp³-hybridized carbons (Fsp3) is 0.154. The van der Waals surface area contributed by atoms with Gasteiger partial charge in [0.25, 0.3) is 0 Å². The zero-order chi connectivity index (χ0) is 11.0. The lowest BCUT2D eigenvalue weighted by Crippen LogP contribution is -2.27. The molecule has 0 aliphatic carbocycles. The predicted octanol–water partition coefficient (Wildman–Crippen LogP) is 3.34. The van der Waals surface area contributed by atoms with E-state index in [2.05, 4.69) is 46.6 Å². The molecule has 3 heteroatoms. The van der Waals surface area contributed by atoms with E-state index < -0.39 is 0 Å². The molecule has 0 amide bonds. The number of hydrogen-bond donors (Lipinski definition) is 0. The molecule has 1 aromatic carbocycles. The Morgan fingerprint density at radius 1 is 1.31 bits per heavy atom. The van der Waals surface area contributed by atoms with Crippen LogP contribution in [0.5, 0.6) is 0 Å². The summed E-state index contributed by atoms with van der Waals surface area (Å²) in [5.74, 6) is 1.04. The number of fused-ring (bicyclic) bond motifs is 2. The van der Waals surface area contributed by atoms with Gasteiger partial charge in [-0.1, -0.05) is 12.1 Å². The van der Waals surface area contributed by atoms with Gasteiger partial charge in [-0.3, -0.25) is 0 Å². The zero-order valence-electron chi connectivity index (χ0n) is 9.05. The molecule has 0 saturated heterocycles. The van der Waals surface area contributed by atoms with Gasteiger partial charge in [-0.15, -0.1) is 11.8 Å². The van der Waals surface area contributed by atoms with E-state index in [-0.39, 0.29) is 0 Å². The number of thioether (sulfide) groups is 1. The SMILES string of the molecule is CSc1ccc2c(c1)N=C1C=CC=CN1C2. The van der Waals surface area contributed by atoms with Crippen LogP contribution in [0.15, 0.2) is 52.5 Å². The minimum Gasteiger partial charge on any atom is -0.329 e. The number of aliphatic imine (C=N–C) groups is 1. The van der Waals surface area contributed by atoms with Crippen LogP contribution in [0, 0.1) is 0 Å². The molecule has 0 N–H and O–H groups in total. The lowest BCUT2D eigenvalue weighted by atomic mass is 10.1. The molecule has 80 valence electrons. The van der Waals surface area contributed by atoms with Crippen LogP contribution >= 0.6 is 11.8 Å². The molecule has 0 saturated carbocycles. The molecule has 2 nitrogen and oxygen atoms in total. The Hall–Kier alpha value is -1.48. The van der Waals surface area contributed by atoms with Gasteiger partial charge in [0.2, 0.25) is 0 Å². The van der Waals surface area contributed by atoms with Crippen LogP contribution < -0.4 is 0 Å². The first kappa shape index (κ1) is 9.73. The molecule has 0 spiro atoms. The molecule has 0 atom stereocenters. The Bertz CT molecular complexity index is 515. The molecule has 0 fully saturated rings. The summed E-state index contributed by atoms with van der Waals surface area (Å²) in [7, 11) is 0.